The van der Waals surface area contributed by atoms with Gasteiger partial charge in [-0.1, -0.05) is 49.7 Å². The van der Waals surface area contributed by atoms with Crippen LogP contribution in [0.5, 0.6) is 0 Å². The van der Waals surface area contributed by atoms with Gasteiger partial charge in [0, 0.05) is 37.1 Å². The lowest BCUT2D eigenvalue weighted by atomic mass is 9.85. The average molecular weight is 429 g/mol. The summed E-state index contributed by atoms with van der Waals surface area (Å²) in [6, 6.07) is 7.85. The number of nitrogens with one attached hydrogen (secondary N) is 2. The minimum atomic E-state index is -0.134. The van der Waals surface area contributed by atoms with E-state index in [0.717, 1.165) is 11.4 Å². The number of hydrogen-bond donors (Lipinski definition) is 2. The van der Waals surface area contributed by atoms with Crippen molar-refractivity contribution >= 4 is 29.4 Å². The molecule has 1 heterocycles. The lowest BCUT2D eigenvalue weighted by Crippen LogP contribution is -2.46. The van der Waals surface area contributed by atoms with Crippen molar-refractivity contribution in [2.45, 2.75) is 25.7 Å². The van der Waals surface area contributed by atoms with Gasteiger partial charge in [0.1, 0.15) is 0 Å². The van der Waals surface area contributed by atoms with Crippen LogP contribution in [0.2, 0.25) is 5.02 Å². The maximum atomic E-state index is 12.8. The Kier molecular flexibility index (Phi) is 5.62. The number of aliphatic imine (C=N–C) groups is 1. The SMILES string of the molecule is CN=C(NCCN1C(=O)C2C3C=CC(C3)C2C1=O)NCC(C)(C)c1ccc(Cl)cc1. The number of carbonyl (C=O) groups excluding carboxylic acids is 2. The minimum absolute atomic E-state index is 0.00420. The Labute approximate surface area is 182 Å². The molecule has 2 N–H and O–H groups in total. The predicted molar refractivity (Wildman–Crippen MR) is 118 cm³/mol. The summed E-state index contributed by atoms with van der Waals surface area (Å²) in [6.07, 6.45) is 5.19. The second kappa shape index (κ2) is 8.06. The summed E-state index contributed by atoms with van der Waals surface area (Å²) in [5, 5.41) is 7.29. The first kappa shape index (κ1) is 20.9. The van der Waals surface area contributed by atoms with E-state index in [-0.39, 0.29) is 40.9 Å². The van der Waals surface area contributed by atoms with Crippen molar-refractivity contribution in [1.82, 2.24) is 15.5 Å². The van der Waals surface area contributed by atoms with Gasteiger partial charge < -0.3 is 10.6 Å². The Balaban J connectivity index is 1.28. The molecule has 4 rings (SSSR count). The third kappa shape index (κ3) is 3.73. The largest absolute Gasteiger partial charge is 0.356 e. The van der Waals surface area contributed by atoms with Crippen LogP contribution in [0, 0.1) is 23.7 Å². The normalized spacial score (nSPS) is 27.7. The summed E-state index contributed by atoms with van der Waals surface area (Å²) >= 11 is 5.99. The monoisotopic (exact) mass is 428 g/mol. The highest BCUT2D eigenvalue weighted by Crippen LogP contribution is 2.52. The number of nitrogens with zero attached hydrogens (tertiary/aromatic N) is 2. The zero-order valence-electron chi connectivity index (χ0n) is 17.7. The first-order valence-electron chi connectivity index (χ1n) is 10.6. The Morgan fingerprint density at radius 3 is 2.27 bits per heavy atom. The molecule has 1 saturated heterocycles. The smallest absolute Gasteiger partial charge is 0.233 e. The molecule has 4 atom stereocenters. The standard InChI is InChI=1S/C23H29ClN4O2/c1-23(2,16-6-8-17(24)9-7-16)13-27-22(25-3)26-10-11-28-20(29)18-14-4-5-15(12-14)19(18)21(28)30/h4-9,14-15,18-19H,10-13H2,1-3H3,(H2,25,26,27). The number of hydrogen-bond acceptors (Lipinski definition) is 3. The Bertz CT molecular complexity index is 863. The van der Waals surface area contributed by atoms with E-state index in [4.69, 9.17) is 11.6 Å². The van der Waals surface area contributed by atoms with E-state index in [1.54, 1.807) is 7.05 Å². The van der Waals surface area contributed by atoms with Crippen LogP contribution in [0.3, 0.4) is 0 Å². The van der Waals surface area contributed by atoms with Crippen molar-refractivity contribution in [2.24, 2.45) is 28.7 Å². The second-order valence-electron chi connectivity index (χ2n) is 9.07. The molecule has 6 nitrogen and oxygen atoms in total. The number of imide groups is 1. The molecule has 2 amide bonds. The maximum absolute atomic E-state index is 12.8. The van der Waals surface area contributed by atoms with Crippen LogP contribution in [-0.2, 0) is 15.0 Å². The quantitative estimate of drug-likeness (QED) is 0.316. The third-order valence-corrected chi connectivity index (χ3v) is 6.99. The van der Waals surface area contributed by atoms with Gasteiger partial charge in [0.2, 0.25) is 11.8 Å². The average Bonchev–Trinajstić information content (AvgIpc) is 3.40. The van der Waals surface area contributed by atoms with Gasteiger partial charge in [-0.3, -0.25) is 19.5 Å². The van der Waals surface area contributed by atoms with Crippen LogP contribution in [0.25, 0.3) is 0 Å². The highest BCUT2D eigenvalue weighted by atomic mass is 35.5. The van der Waals surface area contributed by atoms with Crippen LogP contribution >= 0.6 is 11.6 Å². The molecule has 7 heteroatoms. The lowest BCUT2D eigenvalue weighted by molar-refractivity contribution is -0.140. The number of rotatable bonds is 6. The highest BCUT2D eigenvalue weighted by molar-refractivity contribution is 6.30. The fraction of sp³-hybridized carbons (Fsp3) is 0.522. The van der Waals surface area contributed by atoms with Gasteiger partial charge in [0.15, 0.2) is 5.96 Å². The molecular formula is C23H29ClN4O2. The first-order chi connectivity index (χ1) is 14.3. The molecule has 0 radical (unpaired) electrons. The predicted octanol–water partition coefficient (Wildman–Crippen LogP) is 2.59. The zero-order valence-corrected chi connectivity index (χ0v) is 18.4. The molecule has 30 heavy (non-hydrogen) atoms. The van der Waals surface area contributed by atoms with E-state index in [2.05, 4.69) is 41.6 Å². The fourth-order valence-corrected chi connectivity index (χ4v) is 5.12. The summed E-state index contributed by atoms with van der Waals surface area (Å²) in [5.74, 6) is 0.872. The molecule has 2 bridgehead atoms. The Morgan fingerprint density at radius 1 is 1.10 bits per heavy atom. The van der Waals surface area contributed by atoms with Crippen molar-refractivity contribution in [3.63, 3.8) is 0 Å². The minimum Gasteiger partial charge on any atom is -0.356 e. The van der Waals surface area contributed by atoms with Crippen molar-refractivity contribution in [1.29, 1.82) is 0 Å². The van der Waals surface area contributed by atoms with Crippen molar-refractivity contribution in [3.05, 3.63) is 47.0 Å². The van der Waals surface area contributed by atoms with Gasteiger partial charge in [-0.25, -0.2) is 0 Å². The first-order valence-corrected chi connectivity index (χ1v) is 10.9. The molecule has 2 aliphatic carbocycles. The van der Waals surface area contributed by atoms with Crippen LogP contribution in [0.4, 0.5) is 0 Å². The summed E-state index contributed by atoms with van der Waals surface area (Å²) < 4.78 is 0. The van der Waals surface area contributed by atoms with Gasteiger partial charge >= 0.3 is 0 Å². The van der Waals surface area contributed by atoms with Crippen molar-refractivity contribution in [3.8, 4) is 0 Å². The number of likely N-dealkylation sites (tertiary alicyclic amines) is 1. The van der Waals surface area contributed by atoms with Crippen LogP contribution in [0.15, 0.2) is 41.4 Å². The van der Waals surface area contributed by atoms with Gasteiger partial charge in [-0.05, 0) is 36.0 Å². The number of guanidine groups is 1. The molecule has 2 fully saturated rings. The number of fused-ring (bicyclic) bond motifs is 5. The van der Waals surface area contributed by atoms with Crippen LogP contribution < -0.4 is 10.6 Å². The molecule has 160 valence electrons. The van der Waals surface area contributed by atoms with Gasteiger partial charge in [0.25, 0.3) is 0 Å². The number of allylic oxidation sites excluding steroid dienone is 2. The molecule has 0 spiro atoms. The lowest BCUT2D eigenvalue weighted by Gasteiger charge is -2.27. The molecule has 1 aliphatic heterocycles. The van der Waals surface area contributed by atoms with E-state index in [0.29, 0.717) is 25.6 Å². The molecular weight excluding hydrogens is 400 g/mol. The topological polar surface area (TPSA) is 73.8 Å². The molecule has 4 unspecified atom stereocenters. The second-order valence-corrected chi connectivity index (χ2v) is 9.51. The van der Waals surface area contributed by atoms with Gasteiger partial charge in [-0.15, -0.1) is 0 Å². The fourth-order valence-electron chi connectivity index (χ4n) is 5.00. The van der Waals surface area contributed by atoms with Crippen molar-refractivity contribution in [2.75, 3.05) is 26.7 Å². The Morgan fingerprint density at radius 2 is 1.70 bits per heavy atom. The van der Waals surface area contributed by atoms with E-state index >= 15 is 0 Å². The summed E-state index contributed by atoms with van der Waals surface area (Å²) in [4.78, 5) is 31.2. The van der Waals surface area contributed by atoms with Crippen LogP contribution in [0.1, 0.15) is 25.8 Å². The molecule has 0 aromatic heterocycles. The van der Waals surface area contributed by atoms with Gasteiger partial charge in [0.05, 0.1) is 11.8 Å². The van der Waals surface area contributed by atoms with E-state index in [9.17, 15) is 9.59 Å². The van der Waals surface area contributed by atoms with Crippen LogP contribution in [-0.4, -0.2) is 49.4 Å². The van der Waals surface area contributed by atoms with Gasteiger partial charge in [-0.2, -0.15) is 0 Å². The van der Waals surface area contributed by atoms with Crippen molar-refractivity contribution < 1.29 is 9.59 Å². The maximum Gasteiger partial charge on any atom is 0.233 e. The number of amides is 2. The van der Waals surface area contributed by atoms with E-state index < -0.39 is 0 Å². The van der Waals surface area contributed by atoms with E-state index in [1.165, 1.54) is 10.5 Å². The molecule has 1 aromatic carbocycles. The molecule has 1 saturated carbocycles. The summed E-state index contributed by atoms with van der Waals surface area (Å²) in [6.45, 7) is 5.82. The number of benzene rings is 1. The molecule has 3 aliphatic rings. The number of halogens is 1. The summed E-state index contributed by atoms with van der Waals surface area (Å²) in [7, 11) is 1.71. The third-order valence-electron chi connectivity index (χ3n) is 6.74. The summed E-state index contributed by atoms with van der Waals surface area (Å²) in [5.41, 5.74) is 1.06. The Hall–Kier alpha value is -2.34. The van der Waals surface area contributed by atoms with E-state index in [1.807, 2.05) is 24.3 Å². The highest BCUT2D eigenvalue weighted by Gasteiger charge is 2.58. The number of carbonyl (C=O) groups is 2. The molecule has 1 aromatic rings. The zero-order chi connectivity index (χ0) is 21.5.